The molecule has 2 atom stereocenters. The van der Waals surface area contributed by atoms with Crippen molar-refractivity contribution in [2.75, 3.05) is 19.5 Å². The zero-order valence-corrected chi connectivity index (χ0v) is 12.4. The summed E-state index contributed by atoms with van der Waals surface area (Å²) in [5.74, 6) is 0.126. The molecule has 2 aromatic rings. The van der Waals surface area contributed by atoms with Crippen molar-refractivity contribution >= 4 is 23.3 Å². The Kier molecular flexibility index (Phi) is 3.96. The van der Waals surface area contributed by atoms with Gasteiger partial charge in [-0.2, -0.15) is 9.78 Å². The van der Waals surface area contributed by atoms with Gasteiger partial charge in [0, 0.05) is 5.92 Å². The van der Waals surface area contributed by atoms with Crippen LogP contribution in [0, 0.1) is 5.92 Å². The quantitative estimate of drug-likeness (QED) is 0.611. The van der Waals surface area contributed by atoms with Gasteiger partial charge in [0.25, 0.3) is 5.56 Å². The number of carbonyl (C=O) groups is 1. The van der Waals surface area contributed by atoms with Crippen LogP contribution in [0.15, 0.2) is 16.9 Å². The number of allylic oxidation sites excluding steroid dienone is 1. The molecule has 10 nitrogen and oxygen atoms in total. The van der Waals surface area contributed by atoms with Gasteiger partial charge in [0.05, 0.1) is 13.2 Å². The molecule has 1 aliphatic rings. The van der Waals surface area contributed by atoms with Crippen molar-refractivity contribution in [2.24, 2.45) is 5.92 Å². The van der Waals surface area contributed by atoms with Crippen molar-refractivity contribution in [1.29, 1.82) is 0 Å². The fourth-order valence-electron chi connectivity index (χ4n) is 2.43. The second-order valence-electron chi connectivity index (χ2n) is 5.20. The highest BCUT2D eigenvalue weighted by Gasteiger charge is 2.21. The lowest BCUT2D eigenvalue weighted by Crippen LogP contribution is -2.19. The summed E-state index contributed by atoms with van der Waals surface area (Å²) in [5, 5.41) is 8.39. The lowest BCUT2D eigenvalue weighted by atomic mass is 9.94. The van der Waals surface area contributed by atoms with Gasteiger partial charge in [0.15, 0.2) is 5.52 Å². The number of fused-ring (bicyclic) bond motifs is 1. The standard InChI is InChI=1S/C13H16N6O4/c1-22-13(21)23-6-7-2-4-8(5-3-7)19-17-9-10(18-19)15-12(14)16-11(9)20/h2,4,7-8H,3,5-6H2,1H3,(H3,14,15,16,18,20)/t7-,8+/m0/s1. The fraction of sp³-hybridized carbons (Fsp3) is 0.462. The molecular formula is C13H16N6O4. The average Bonchev–Trinajstić information content (AvgIpc) is 2.97. The van der Waals surface area contributed by atoms with Crippen LogP contribution in [0.4, 0.5) is 10.7 Å². The molecular weight excluding hydrogens is 304 g/mol. The van der Waals surface area contributed by atoms with Crippen molar-refractivity contribution < 1.29 is 14.3 Å². The van der Waals surface area contributed by atoms with E-state index in [2.05, 4.69) is 24.9 Å². The maximum absolute atomic E-state index is 11.8. The summed E-state index contributed by atoms with van der Waals surface area (Å²) in [6.45, 7) is 0.266. The summed E-state index contributed by atoms with van der Waals surface area (Å²) in [4.78, 5) is 30.5. The second-order valence-corrected chi connectivity index (χ2v) is 5.20. The third-order valence-electron chi connectivity index (χ3n) is 3.61. The summed E-state index contributed by atoms with van der Waals surface area (Å²) < 4.78 is 9.36. The van der Waals surface area contributed by atoms with Gasteiger partial charge in [-0.1, -0.05) is 12.2 Å². The van der Waals surface area contributed by atoms with E-state index in [0.717, 1.165) is 12.8 Å². The molecule has 0 fully saturated rings. The Hall–Kier alpha value is -2.91. The van der Waals surface area contributed by atoms with Crippen molar-refractivity contribution in [3.8, 4) is 0 Å². The highest BCUT2D eigenvalue weighted by Crippen LogP contribution is 2.25. The molecule has 0 saturated carbocycles. The number of ether oxygens (including phenoxy) is 2. The molecule has 0 radical (unpaired) electrons. The Morgan fingerprint density at radius 2 is 2.26 bits per heavy atom. The zero-order chi connectivity index (χ0) is 16.4. The Balaban J connectivity index is 1.73. The van der Waals surface area contributed by atoms with E-state index in [1.54, 1.807) is 0 Å². The number of carbonyl (C=O) groups excluding carboxylic acids is 1. The first-order chi connectivity index (χ1) is 11.1. The lowest BCUT2D eigenvalue weighted by Gasteiger charge is -2.21. The van der Waals surface area contributed by atoms with Crippen LogP contribution >= 0.6 is 0 Å². The van der Waals surface area contributed by atoms with E-state index in [1.807, 2.05) is 12.2 Å². The van der Waals surface area contributed by atoms with E-state index in [-0.39, 0.29) is 35.7 Å². The SMILES string of the molecule is COC(=O)OC[C@H]1C=C[C@@H](n2nc3nc(N)[nH]c(=O)c3n2)CC1. The molecule has 0 unspecified atom stereocenters. The van der Waals surface area contributed by atoms with Crippen molar-refractivity contribution in [1.82, 2.24) is 25.0 Å². The number of methoxy groups -OCH3 is 1. The van der Waals surface area contributed by atoms with Crippen LogP contribution in [-0.4, -0.2) is 44.8 Å². The van der Waals surface area contributed by atoms with E-state index in [4.69, 9.17) is 10.5 Å². The predicted molar refractivity (Wildman–Crippen MR) is 79.6 cm³/mol. The van der Waals surface area contributed by atoms with Gasteiger partial charge in [-0.25, -0.2) is 4.79 Å². The Morgan fingerprint density at radius 3 is 2.96 bits per heavy atom. The normalized spacial score (nSPS) is 20.6. The number of nitrogens with two attached hydrogens (primary N) is 1. The Labute approximate surface area is 130 Å². The van der Waals surface area contributed by atoms with Crippen LogP contribution < -0.4 is 11.3 Å². The summed E-state index contributed by atoms with van der Waals surface area (Å²) in [7, 11) is 1.27. The Bertz CT molecular complexity index is 810. The maximum Gasteiger partial charge on any atom is 0.507 e. The summed E-state index contributed by atoms with van der Waals surface area (Å²) in [6, 6.07) is -0.0841. The zero-order valence-electron chi connectivity index (χ0n) is 12.4. The molecule has 0 bridgehead atoms. The number of anilines is 1. The van der Waals surface area contributed by atoms with Gasteiger partial charge < -0.3 is 15.2 Å². The Morgan fingerprint density at radius 1 is 1.43 bits per heavy atom. The van der Waals surface area contributed by atoms with Crippen LogP contribution in [0.25, 0.3) is 11.2 Å². The summed E-state index contributed by atoms with van der Waals surface area (Å²) in [6.07, 6.45) is 4.72. The van der Waals surface area contributed by atoms with Crippen LogP contribution in [0.3, 0.4) is 0 Å². The fourth-order valence-corrected chi connectivity index (χ4v) is 2.43. The minimum absolute atomic E-state index is 0.00811. The van der Waals surface area contributed by atoms with Gasteiger partial charge in [-0.3, -0.25) is 9.78 Å². The molecule has 0 aromatic carbocycles. The van der Waals surface area contributed by atoms with Crippen LogP contribution in [0.1, 0.15) is 18.9 Å². The third-order valence-corrected chi connectivity index (χ3v) is 3.61. The number of hydrogen-bond donors (Lipinski definition) is 2. The van der Waals surface area contributed by atoms with Crippen LogP contribution in [0.5, 0.6) is 0 Å². The van der Waals surface area contributed by atoms with E-state index in [9.17, 15) is 9.59 Å². The van der Waals surface area contributed by atoms with E-state index in [1.165, 1.54) is 11.9 Å². The largest absolute Gasteiger partial charge is 0.507 e. The number of H-pyrrole nitrogens is 1. The first-order valence-electron chi connectivity index (χ1n) is 7.08. The van der Waals surface area contributed by atoms with Gasteiger partial charge in [0.2, 0.25) is 11.6 Å². The molecule has 0 spiro atoms. The van der Waals surface area contributed by atoms with E-state index >= 15 is 0 Å². The minimum Gasteiger partial charge on any atom is -0.438 e. The van der Waals surface area contributed by atoms with Crippen LogP contribution in [-0.2, 0) is 9.47 Å². The molecule has 3 rings (SSSR count). The number of nitrogens with one attached hydrogen (secondary N) is 1. The predicted octanol–water partition coefficient (Wildman–Crippen LogP) is 0.387. The monoisotopic (exact) mass is 320 g/mol. The summed E-state index contributed by atoms with van der Waals surface area (Å²) >= 11 is 0. The first-order valence-corrected chi connectivity index (χ1v) is 7.08. The molecule has 0 saturated heterocycles. The molecule has 23 heavy (non-hydrogen) atoms. The first kappa shape index (κ1) is 15.0. The van der Waals surface area contributed by atoms with E-state index < -0.39 is 11.7 Å². The number of aromatic nitrogens is 5. The van der Waals surface area contributed by atoms with Gasteiger partial charge in [-0.15, -0.1) is 10.2 Å². The molecule has 10 heteroatoms. The average molecular weight is 320 g/mol. The number of rotatable bonds is 3. The number of nitrogen functional groups attached to an aromatic ring is 1. The third kappa shape index (κ3) is 3.15. The van der Waals surface area contributed by atoms with Crippen molar-refractivity contribution in [3.05, 3.63) is 22.5 Å². The number of nitrogens with zero attached hydrogens (tertiary/aromatic N) is 4. The topological polar surface area (TPSA) is 138 Å². The lowest BCUT2D eigenvalue weighted by molar-refractivity contribution is 0.0628. The second kappa shape index (κ2) is 6.07. The molecule has 0 amide bonds. The van der Waals surface area contributed by atoms with Gasteiger partial charge in [0.1, 0.15) is 6.61 Å². The molecule has 3 N–H and O–H groups in total. The molecule has 0 aliphatic heterocycles. The van der Waals surface area contributed by atoms with Crippen molar-refractivity contribution in [2.45, 2.75) is 18.9 Å². The molecule has 2 aromatic heterocycles. The minimum atomic E-state index is -0.691. The molecule has 2 heterocycles. The smallest absolute Gasteiger partial charge is 0.438 e. The number of aromatic amines is 1. The van der Waals surface area contributed by atoms with Gasteiger partial charge in [-0.05, 0) is 12.8 Å². The number of hydrogen-bond acceptors (Lipinski definition) is 8. The molecule has 1 aliphatic carbocycles. The maximum atomic E-state index is 11.8. The van der Waals surface area contributed by atoms with Crippen LogP contribution in [0.2, 0.25) is 0 Å². The molecule has 122 valence electrons. The summed E-state index contributed by atoms with van der Waals surface area (Å²) in [5.41, 5.74) is 5.45. The van der Waals surface area contributed by atoms with Gasteiger partial charge >= 0.3 is 6.16 Å². The highest BCUT2D eigenvalue weighted by molar-refractivity contribution is 5.68. The van der Waals surface area contributed by atoms with Crippen molar-refractivity contribution in [3.63, 3.8) is 0 Å². The highest BCUT2D eigenvalue weighted by atomic mass is 16.7. The van der Waals surface area contributed by atoms with E-state index in [0.29, 0.717) is 0 Å².